The number of piperidine rings is 1. The van der Waals surface area contributed by atoms with Gasteiger partial charge in [-0.1, -0.05) is 0 Å². The highest BCUT2D eigenvalue weighted by molar-refractivity contribution is 8.04. The van der Waals surface area contributed by atoms with Gasteiger partial charge in [0.2, 0.25) is 0 Å². The molecule has 0 spiro atoms. The van der Waals surface area contributed by atoms with Crippen LogP contribution in [0.5, 0.6) is 0 Å². The topological polar surface area (TPSA) is 104 Å². The van der Waals surface area contributed by atoms with Gasteiger partial charge in [-0.15, -0.1) is 24.2 Å². The van der Waals surface area contributed by atoms with Gasteiger partial charge in [0.1, 0.15) is 11.8 Å². The summed E-state index contributed by atoms with van der Waals surface area (Å²) in [5.74, 6) is 1.64. The molecule has 4 rings (SSSR count). The number of halogens is 1. The van der Waals surface area contributed by atoms with Gasteiger partial charge in [0.15, 0.2) is 11.5 Å². The maximum Gasteiger partial charge on any atom is 0.261 e. The van der Waals surface area contributed by atoms with Crippen LogP contribution in [0.3, 0.4) is 0 Å². The van der Waals surface area contributed by atoms with Gasteiger partial charge < -0.3 is 20.5 Å². The molecular formula is C15H20ClN7OS. The molecule has 134 valence electrons. The highest BCUT2D eigenvalue weighted by atomic mass is 35.5. The number of carbonyl (C=O) groups excluding carboxylic acids is 1. The first-order chi connectivity index (χ1) is 11.7. The van der Waals surface area contributed by atoms with Crippen LogP contribution in [0.2, 0.25) is 0 Å². The number of nitrogens with two attached hydrogens (primary N) is 1. The Bertz CT molecular complexity index is 795. The normalized spacial score (nSPS) is 21.0. The van der Waals surface area contributed by atoms with E-state index in [1.165, 1.54) is 6.33 Å². The predicted molar refractivity (Wildman–Crippen MR) is 101 cm³/mol. The molecule has 25 heavy (non-hydrogen) atoms. The number of hydrogen-bond donors (Lipinski definition) is 2. The van der Waals surface area contributed by atoms with Crippen LogP contribution in [0.15, 0.2) is 23.8 Å². The van der Waals surface area contributed by atoms with Gasteiger partial charge in [0.05, 0.1) is 11.2 Å². The summed E-state index contributed by atoms with van der Waals surface area (Å²) in [5.41, 5.74) is 7.41. The number of likely N-dealkylation sites (tertiary alicyclic amines) is 1. The summed E-state index contributed by atoms with van der Waals surface area (Å²) in [6.07, 6.45) is 6.95. The SMILES string of the molecule is Cl.N[C@H]1CCCN(C(=O)C2=CN(c3ncnc4nc[nH]c34)CCS2)C1. The summed E-state index contributed by atoms with van der Waals surface area (Å²) >= 11 is 1.59. The third-order valence-corrected chi connectivity index (χ3v) is 5.27. The highest BCUT2D eigenvalue weighted by Crippen LogP contribution is 2.29. The number of hydrogen-bond acceptors (Lipinski definition) is 7. The Balaban J connectivity index is 0.00000182. The Kier molecular flexibility index (Phi) is 5.45. The Hall–Kier alpha value is -1.84. The van der Waals surface area contributed by atoms with Crippen LogP contribution in [0.25, 0.3) is 11.2 Å². The average molecular weight is 382 g/mol. The monoisotopic (exact) mass is 381 g/mol. The van der Waals surface area contributed by atoms with E-state index in [0.717, 1.165) is 47.9 Å². The fourth-order valence-electron chi connectivity index (χ4n) is 3.10. The van der Waals surface area contributed by atoms with Crippen molar-refractivity contribution in [2.24, 2.45) is 5.73 Å². The van der Waals surface area contributed by atoms with Crippen LogP contribution in [0, 0.1) is 0 Å². The van der Waals surface area contributed by atoms with Crippen LogP contribution >= 0.6 is 24.2 Å². The van der Waals surface area contributed by atoms with Crippen molar-refractivity contribution >= 4 is 47.1 Å². The third-order valence-electron chi connectivity index (χ3n) is 4.29. The van der Waals surface area contributed by atoms with E-state index in [2.05, 4.69) is 19.9 Å². The number of thioether (sulfide) groups is 1. The number of aromatic nitrogens is 4. The van der Waals surface area contributed by atoms with Crippen molar-refractivity contribution in [2.45, 2.75) is 18.9 Å². The number of imidazole rings is 1. The molecule has 0 aliphatic carbocycles. The molecule has 0 saturated carbocycles. The molecule has 2 aliphatic heterocycles. The minimum absolute atomic E-state index is 0. The summed E-state index contributed by atoms with van der Waals surface area (Å²) in [4.78, 5) is 33.1. The predicted octanol–water partition coefficient (Wildman–Crippen LogP) is 1.12. The van der Waals surface area contributed by atoms with Crippen LogP contribution in [0.4, 0.5) is 5.82 Å². The Morgan fingerprint density at radius 1 is 1.32 bits per heavy atom. The molecule has 4 heterocycles. The molecule has 0 bridgehead atoms. The van der Waals surface area contributed by atoms with Gasteiger partial charge in [-0.25, -0.2) is 15.0 Å². The van der Waals surface area contributed by atoms with Crippen molar-refractivity contribution in [2.75, 3.05) is 30.3 Å². The lowest BCUT2D eigenvalue weighted by Gasteiger charge is -2.33. The molecule has 3 N–H and O–H groups in total. The van der Waals surface area contributed by atoms with Gasteiger partial charge in [0.25, 0.3) is 5.91 Å². The van der Waals surface area contributed by atoms with E-state index >= 15 is 0 Å². The third kappa shape index (κ3) is 3.58. The Morgan fingerprint density at radius 3 is 3.04 bits per heavy atom. The van der Waals surface area contributed by atoms with Gasteiger partial charge in [-0.2, -0.15) is 0 Å². The molecule has 0 unspecified atom stereocenters. The maximum absolute atomic E-state index is 12.8. The lowest BCUT2D eigenvalue weighted by molar-refractivity contribution is -0.127. The molecule has 0 radical (unpaired) electrons. The Morgan fingerprint density at radius 2 is 2.20 bits per heavy atom. The summed E-state index contributed by atoms with van der Waals surface area (Å²) in [7, 11) is 0. The zero-order valence-electron chi connectivity index (χ0n) is 13.6. The van der Waals surface area contributed by atoms with Gasteiger partial charge in [0, 0.05) is 37.6 Å². The van der Waals surface area contributed by atoms with E-state index < -0.39 is 0 Å². The molecule has 2 aromatic rings. The smallest absolute Gasteiger partial charge is 0.261 e. The standard InChI is InChI=1S/C15H19N7OS.ClH/c16-10-2-1-3-22(6-10)15(23)11-7-21(4-5-24-11)14-12-13(18-8-17-12)19-9-20-14;/h7-10H,1-6,16H2,(H,17,18,19,20);1H/t10-;/m0./s1. The number of rotatable bonds is 2. The van der Waals surface area contributed by atoms with Crippen molar-refractivity contribution in [3.8, 4) is 0 Å². The molecule has 8 nitrogen and oxygen atoms in total. The highest BCUT2D eigenvalue weighted by Gasteiger charge is 2.27. The van der Waals surface area contributed by atoms with Crippen LogP contribution in [0.1, 0.15) is 12.8 Å². The first-order valence-electron chi connectivity index (χ1n) is 8.02. The number of H-pyrrole nitrogens is 1. The van der Waals surface area contributed by atoms with Gasteiger partial charge in [-0.05, 0) is 12.8 Å². The number of fused-ring (bicyclic) bond motifs is 1. The summed E-state index contributed by atoms with van der Waals surface area (Å²) in [6.45, 7) is 2.20. The second-order valence-electron chi connectivity index (χ2n) is 5.99. The van der Waals surface area contributed by atoms with Crippen molar-refractivity contribution < 1.29 is 4.79 Å². The molecular weight excluding hydrogens is 362 g/mol. The van der Waals surface area contributed by atoms with E-state index in [4.69, 9.17) is 5.73 Å². The quantitative estimate of drug-likeness (QED) is 0.803. The minimum atomic E-state index is 0. The fourth-order valence-corrected chi connectivity index (χ4v) is 4.06. The van der Waals surface area contributed by atoms with Crippen molar-refractivity contribution in [1.82, 2.24) is 24.8 Å². The molecule has 10 heteroatoms. The number of carbonyl (C=O) groups is 1. The van der Waals surface area contributed by atoms with Gasteiger partial charge in [-0.3, -0.25) is 4.79 Å². The molecule has 1 amide bonds. The Labute approximate surface area is 155 Å². The number of nitrogens with one attached hydrogen (secondary N) is 1. The minimum Gasteiger partial charge on any atom is -0.340 e. The molecule has 1 atom stereocenters. The van der Waals surface area contributed by atoms with Crippen LogP contribution in [-0.4, -0.2) is 62.2 Å². The molecule has 0 aromatic carbocycles. The van der Waals surface area contributed by atoms with E-state index in [9.17, 15) is 4.79 Å². The average Bonchev–Trinajstić information content (AvgIpc) is 3.10. The number of anilines is 1. The molecule has 2 aliphatic rings. The molecule has 1 saturated heterocycles. The number of nitrogens with zero attached hydrogens (tertiary/aromatic N) is 5. The van der Waals surface area contributed by atoms with Gasteiger partial charge >= 0.3 is 0 Å². The van der Waals surface area contributed by atoms with Crippen molar-refractivity contribution in [3.63, 3.8) is 0 Å². The molecule has 1 fully saturated rings. The largest absolute Gasteiger partial charge is 0.340 e. The number of amides is 1. The summed E-state index contributed by atoms with van der Waals surface area (Å²) < 4.78 is 0. The van der Waals surface area contributed by atoms with E-state index in [1.807, 2.05) is 16.0 Å². The second kappa shape index (κ2) is 7.59. The zero-order valence-corrected chi connectivity index (χ0v) is 15.2. The lowest BCUT2D eigenvalue weighted by Crippen LogP contribution is -2.46. The van der Waals surface area contributed by atoms with Crippen LogP contribution < -0.4 is 10.6 Å². The van der Waals surface area contributed by atoms with Crippen LogP contribution in [-0.2, 0) is 4.79 Å². The maximum atomic E-state index is 12.8. The summed E-state index contributed by atoms with van der Waals surface area (Å²) in [6, 6.07) is 0.0828. The zero-order chi connectivity index (χ0) is 16.5. The van der Waals surface area contributed by atoms with E-state index in [1.54, 1.807) is 18.1 Å². The second-order valence-corrected chi connectivity index (χ2v) is 7.12. The summed E-state index contributed by atoms with van der Waals surface area (Å²) in [5, 5.41) is 0. The fraction of sp³-hybridized carbons (Fsp3) is 0.467. The first kappa shape index (κ1) is 18.0. The van der Waals surface area contributed by atoms with E-state index in [-0.39, 0.29) is 24.4 Å². The van der Waals surface area contributed by atoms with Crippen molar-refractivity contribution in [3.05, 3.63) is 23.8 Å². The number of aromatic amines is 1. The molecule has 2 aromatic heterocycles. The van der Waals surface area contributed by atoms with Crippen molar-refractivity contribution in [1.29, 1.82) is 0 Å². The first-order valence-corrected chi connectivity index (χ1v) is 9.01. The van der Waals surface area contributed by atoms with E-state index in [0.29, 0.717) is 12.2 Å². The lowest BCUT2D eigenvalue weighted by atomic mass is 10.1.